The molecule has 0 unspecified atom stereocenters. The second-order valence-corrected chi connectivity index (χ2v) is 13.4. The van der Waals surface area contributed by atoms with Gasteiger partial charge in [0, 0.05) is 32.1 Å². The summed E-state index contributed by atoms with van der Waals surface area (Å²) >= 11 is 0. The van der Waals surface area contributed by atoms with E-state index in [-0.39, 0.29) is 43.6 Å². The molecule has 16 nitrogen and oxygen atoms in total. The first-order valence-corrected chi connectivity index (χ1v) is 17.2. The van der Waals surface area contributed by atoms with E-state index in [9.17, 15) is 28.8 Å². The number of benzene rings is 1. The third-order valence-corrected chi connectivity index (χ3v) is 8.67. The number of carbonyl (C=O) groups is 6. The number of primary amides is 1. The van der Waals surface area contributed by atoms with Gasteiger partial charge >= 0.3 is 0 Å². The lowest BCUT2D eigenvalue weighted by Gasteiger charge is -2.31. The van der Waals surface area contributed by atoms with Gasteiger partial charge in [-0.3, -0.25) is 33.8 Å². The zero-order valence-corrected chi connectivity index (χ0v) is 29.9. The maximum Gasteiger partial charge on any atom is 0.245 e. The summed E-state index contributed by atoms with van der Waals surface area (Å²) in [5.41, 5.74) is 23.6. The van der Waals surface area contributed by atoms with Crippen LogP contribution < -0.4 is 44.2 Å². The summed E-state index contributed by atoms with van der Waals surface area (Å²) in [6, 6.07) is 1.94. The van der Waals surface area contributed by atoms with Crippen molar-refractivity contribution in [2.75, 3.05) is 18.8 Å². The van der Waals surface area contributed by atoms with Crippen molar-refractivity contribution in [3.63, 3.8) is 0 Å². The monoisotopic (exact) mass is 700 g/mol. The Hall–Kier alpha value is -4.89. The molecular weight excluding hydrogens is 644 g/mol. The van der Waals surface area contributed by atoms with Gasteiger partial charge in [-0.05, 0) is 61.6 Å². The summed E-state index contributed by atoms with van der Waals surface area (Å²) in [6.45, 7) is 9.25. The standard InChI is InChI=1S/C34H56N10O6/c1-6-20(4)28(43-31(48)25(40-21(5)45)18-22-11-13-23(35)14-12-22)32(49)41-24(9-7-15-39-34(37)38)30(47)42-26(17-19(2)3)33(50)44-16-8-10-27(44)29(36)46/h11-14,19-20,24-28H,6-10,15-18,35H2,1-5H3,(H2,36,46)(H,40,45)(H,41,49)(H,42,47)(H,43,48)(H4,37,38,39)/t20-,24-,25+,26-,27-,28-/m0/s1. The number of nitrogens with zero attached hydrogens (tertiary/aromatic N) is 2. The van der Waals surface area contributed by atoms with E-state index in [2.05, 4.69) is 26.3 Å². The molecule has 16 heteroatoms. The van der Waals surface area contributed by atoms with Gasteiger partial charge in [-0.15, -0.1) is 0 Å². The minimum atomic E-state index is -1.13. The molecule has 1 saturated heterocycles. The summed E-state index contributed by atoms with van der Waals surface area (Å²) in [4.78, 5) is 84.4. The maximum atomic E-state index is 13.9. The third kappa shape index (κ3) is 13.2. The lowest BCUT2D eigenvalue weighted by atomic mass is 9.96. The largest absolute Gasteiger partial charge is 0.399 e. The highest BCUT2D eigenvalue weighted by Crippen LogP contribution is 2.20. The van der Waals surface area contributed by atoms with Crippen LogP contribution >= 0.6 is 0 Å². The van der Waals surface area contributed by atoms with Gasteiger partial charge in [0.05, 0.1) is 0 Å². The average molecular weight is 701 g/mol. The van der Waals surface area contributed by atoms with Gasteiger partial charge in [-0.25, -0.2) is 0 Å². The van der Waals surface area contributed by atoms with E-state index in [1.165, 1.54) is 11.8 Å². The smallest absolute Gasteiger partial charge is 0.245 e. The van der Waals surface area contributed by atoms with E-state index >= 15 is 0 Å². The van der Waals surface area contributed by atoms with Crippen LogP contribution in [0.2, 0.25) is 0 Å². The van der Waals surface area contributed by atoms with E-state index in [4.69, 9.17) is 22.9 Å². The number of guanidine groups is 1. The van der Waals surface area contributed by atoms with Crippen molar-refractivity contribution < 1.29 is 28.8 Å². The van der Waals surface area contributed by atoms with Crippen LogP contribution in [-0.4, -0.2) is 89.6 Å². The Balaban J connectivity index is 2.33. The fourth-order valence-corrected chi connectivity index (χ4v) is 5.83. The number of carbonyl (C=O) groups excluding carboxylic acids is 6. The summed E-state index contributed by atoms with van der Waals surface area (Å²) in [6.07, 6.45) is 2.40. The molecule has 1 aromatic carbocycles. The number of aliphatic imine (C=N–C) groups is 1. The van der Waals surface area contributed by atoms with Crippen LogP contribution in [-0.2, 0) is 35.2 Å². The molecule has 0 radical (unpaired) electrons. The number of hydrogen-bond donors (Lipinski definition) is 8. The van der Waals surface area contributed by atoms with Gasteiger partial charge in [0.1, 0.15) is 30.2 Å². The van der Waals surface area contributed by atoms with Crippen LogP contribution in [0.3, 0.4) is 0 Å². The van der Waals surface area contributed by atoms with E-state index in [1.807, 2.05) is 20.8 Å². The van der Waals surface area contributed by atoms with Crippen molar-refractivity contribution in [1.29, 1.82) is 0 Å². The van der Waals surface area contributed by atoms with Crippen molar-refractivity contribution in [2.45, 2.75) is 110 Å². The second kappa shape index (κ2) is 19.9. The third-order valence-electron chi connectivity index (χ3n) is 8.67. The molecule has 1 heterocycles. The maximum absolute atomic E-state index is 13.9. The molecule has 1 aliphatic rings. The van der Waals surface area contributed by atoms with Crippen molar-refractivity contribution >= 4 is 47.1 Å². The molecule has 2 rings (SSSR count). The van der Waals surface area contributed by atoms with Crippen LogP contribution in [0.1, 0.15) is 78.7 Å². The molecule has 1 aliphatic heterocycles. The normalized spacial score (nSPS) is 17.1. The van der Waals surface area contributed by atoms with Gasteiger partial charge < -0.3 is 49.1 Å². The molecule has 6 atom stereocenters. The molecule has 12 N–H and O–H groups in total. The molecule has 50 heavy (non-hydrogen) atoms. The highest BCUT2D eigenvalue weighted by molar-refractivity contribution is 5.96. The van der Waals surface area contributed by atoms with Crippen molar-refractivity contribution in [1.82, 2.24) is 26.2 Å². The molecule has 0 bridgehead atoms. The molecule has 0 spiro atoms. The molecular formula is C34H56N10O6. The lowest BCUT2D eigenvalue weighted by molar-refractivity contribution is -0.141. The van der Waals surface area contributed by atoms with Gasteiger partial charge in [0.25, 0.3) is 0 Å². The van der Waals surface area contributed by atoms with Crippen LogP contribution in [0.4, 0.5) is 5.69 Å². The molecule has 278 valence electrons. The Kier molecular flexibility index (Phi) is 16.5. The Morgan fingerprint density at radius 1 is 0.880 bits per heavy atom. The SMILES string of the molecule is CC[C@H](C)[C@H](NC(=O)[C@@H](Cc1ccc(N)cc1)NC(C)=O)C(=O)N[C@@H](CCCN=C(N)N)C(=O)N[C@@H](CC(C)C)C(=O)N1CCC[C@H]1C(N)=O. The van der Waals surface area contributed by atoms with Crippen LogP contribution in [0.15, 0.2) is 29.3 Å². The summed E-state index contributed by atoms with van der Waals surface area (Å²) in [7, 11) is 0. The first-order chi connectivity index (χ1) is 23.5. The summed E-state index contributed by atoms with van der Waals surface area (Å²) in [5, 5.41) is 11.0. The zero-order valence-electron chi connectivity index (χ0n) is 29.9. The number of nitrogens with one attached hydrogen (secondary N) is 4. The first-order valence-electron chi connectivity index (χ1n) is 17.2. The molecule has 1 fully saturated rings. The number of hydrogen-bond acceptors (Lipinski definition) is 8. The minimum Gasteiger partial charge on any atom is -0.399 e. The van der Waals surface area contributed by atoms with Crippen molar-refractivity contribution in [3.8, 4) is 0 Å². The molecule has 6 amide bonds. The highest BCUT2D eigenvalue weighted by Gasteiger charge is 2.38. The van der Waals surface area contributed by atoms with Crippen LogP contribution in [0.5, 0.6) is 0 Å². The Morgan fingerprint density at radius 3 is 2.06 bits per heavy atom. The number of rotatable bonds is 19. The Labute approximate surface area is 294 Å². The average Bonchev–Trinajstić information content (AvgIpc) is 3.54. The minimum absolute atomic E-state index is 0.00332. The quantitative estimate of drug-likeness (QED) is 0.0395. The van der Waals surface area contributed by atoms with Gasteiger partial charge in [-0.1, -0.05) is 46.2 Å². The van der Waals surface area contributed by atoms with E-state index in [1.54, 1.807) is 31.2 Å². The number of amides is 6. The number of nitrogens with two attached hydrogens (primary N) is 4. The number of nitrogen functional groups attached to an aromatic ring is 1. The summed E-state index contributed by atoms with van der Waals surface area (Å²) in [5.74, 6) is -3.77. The fraction of sp³-hybridized carbons (Fsp3) is 0.618. The van der Waals surface area contributed by atoms with E-state index < -0.39 is 65.7 Å². The van der Waals surface area contributed by atoms with Crippen LogP contribution in [0, 0.1) is 11.8 Å². The van der Waals surface area contributed by atoms with Gasteiger partial charge in [-0.2, -0.15) is 0 Å². The molecule has 0 saturated carbocycles. The predicted octanol–water partition coefficient (Wildman–Crippen LogP) is -0.607. The molecule has 0 aromatic heterocycles. The van der Waals surface area contributed by atoms with E-state index in [0.717, 1.165) is 5.56 Å². The number of anilines is 1. The van der Waals surface area contributed by atoms with Gasteiger partial charge in [0.15, 0.2) is 5.96 Å². The topological polar surface area (TPSA) is 270 Å². The Morgan fingerprint density at radius 2 is 1.50 bits per heavy atom. The summed E-state index contributed by atoms with van der Waals surface area (Å²) < 4.78 is 0. The zero-order chi connectivity index (χ0) is 37.5. The van der Waals surface area contributed by atoms with Gasteiger partial charge in [0.2, 0.25) is 35.4 Å². The fourth-order valence-electron chi connectivity index (χ4n) is 5.83. The molecule has 1 aromatic rings. The predicted molar refractivity (Wildman–Crippen MR) is 191 cm³/mol. The second-order valence-electron chi connectivity index (χ2n) is 13.4. The molecule has 0 aliphatic carbocycles. The van der Waals surface area contributed by atoms with Crippen molar-refractivity contribution in [2.24, 2.45) is 34.0 Å². The highest BCUT2D eigenvalue weighted by atomic mass is 16.2. The van der Waals surface area contributed by atoms with Crippen molar-refractivity contribution in [3.05, 3.63) is 29.8 Å². The Bertz CT molecular complexity index is 1360. The van der Waals surface area contributed by atoms with E-state index in [0.29, 0.717) is 37.9 Å². The lowest BCUT2D eigenvalue weighted by Crippen LogP contribution is -2.60. The van der Waals surface area contributed by atoms with Crippen LogP contribution in [0.25, 0.3) is 0 Å². The first kappa shape index (κ1) is 41.3. The number of likely N-dealkylation sites (tertiary alicyclic amines) is 1.